The molecule has 0 aromatic heterocycles. The molecule has 0 heterocycles. The molecule has 0 amide bonds. The van der Waals surface area contributed by atoms with E-state index in [9.17, 15) is 15.2 Å². The third-order valence-corrected chi connectivity index (χ3v) is 2.08. The number of aliphatic hydroxyl groups is 1. The highest BCUT2D eigenvalue weighted by molar-refractivity contribution is 5.63. The lowest BCUT2D eigenvalue weighted by molar-refractivity contribution is -0.434. The summed E-state index contributed by atoms with van der Waals surface area (Å²) < 4.78 is 0. The number of hydrogen-bond acceptors (Lipinski definition) is 3. The average molecular weight is 177 g/mol. The van der Waals surface area contributed by atoms with E-state index in [1.807, 2.05) is 0 Å². The van der Waals surface area contributed by atoms with Crippen LogP contribution in [0.2, 0.25) is 0 Å². The summed E-state index contributed by atoms with van der Waals surface area (Å²) in [6.45, 7) is 0. The fraction of sp³-hybridized carbons (Fsp3) is 0.111. The van der Waals surface area contributed by atoms with Crippen molar-refractivity contribution >= 4 is 6.08 Å². The summed E-state index contributed by atoms with van der Waals surface area (Å²) in [5.41, 5.74) is 1.18. The summed E-state index contributed by atoms with van der Waals surface area (Å²) in [5, 5.41) is 20.0. The SMILES string of the molecule is O=[N+]([O-])C1=Cc2ccccc2C1O. The monoisotopic (exact) mass is 177 g/mol. The fourth-order valence-electron chi connectivity index (χ4n) is 1.44. The smallest absolute Gasteiger partial charge is 0.279 e. The Balaban J connectivity index is 2.50. The first kappa shape index (κ1) is 7.94. The van der Waals surface area contributed by atoms with Crippen LogP contribution in [-0.4, -0.2) is 10.0 Å². The normalized spacial score (nSPS) is 19.5. The van der Waals surface area contributed by atoms with Gasteiger partial charge in [-0.2, -0.15) is 0 Å². The molecule has 0 bridgehead atoms. The van der Waals surface area contributed by atoms with E-state index in [1.54, 1.807) is 24.3 Å². The molecule has 1 aliphatic rings. The van der Waals surface area contributed by atoms with Crippen molar-refractivity contribution < 1.29 is 10.0 Å². The average Bonchev–Trinajstić information content (AvgIpc) is 2.45. The number of nitro groups is 1. The number of hydrogen-bond donors (Lipinski definition) is 1. The van der Waals surface area contributed by atoms with Gasteiger partial charge in [-0.15, -0.1) is 0 Å². The van der Waals surface area contributed by atoms with Gasteiger partial charge < -0.3 is 5.11 Å². The Morgan fingerprint density at radius 3 is 2.69 bits per heavy atom. The highest BCUT2D eigenvalue weighted by Gasteiger charge is 2.31. The van der Waals surface area contributed by atoms with Crippen LogP contribution in [0, 0.1) is 10.1 Å². The molecular weight excluding hydrogens is 170 g/mol. The minimum atomic E-state index is -1.08. The third-order valence-electron chi connectivity index (χ3n) is 2.08. The van der Waals surface area contributed by atoms with Crippen molar-refractivity contribution in [1.82, 2.24) is 0 Å². The van der Waals surface area contributed by atoms with Gasteiger partial charge in [0.25, 0.3) is 5.70 Å². The van der Waals surface area contributed by atoms with E-state index >= 15 is 0 Å². The van der Waals surface area contributed by atoms with Gasteiger partial charge in [-0.05, 0) is 11.1 Å². The van der Waals surface area contributed by atoms with Gasteiger partial charge in [-0.1, -0.05) is 24.3 Å². The molecule has 0 spiro atoms. The molecule has 13 heavy (non-hydrogen) atoms. The molecule has 4 nitrogen and oxygen atoms in total. The van der Waals surface area contributed by atoms with Crippen LogP contribution in [-0.2, 0) is 0 Å². The summed E-state index contributed by atoms with van der Waals surface area (Å²) in [7, 11) is 0. The highest BCUT2D eigenvalue weighted by atomic mass is 16.6. The largest absolute Gasteiger partial charge is 0.377 e. The van der Waals surface area contributed by atoms with Gasteiger partial charge in [0.1, 0.15) is 0 Å². The summed E-state index contributed by atoms with van der Waals surface area (Å²) >= 11 is 0. The van der Waals surface area contributed by atoms with Gasteiger partial charge in [-0.3, -0.25) is 10.1 Å². The maximum Gasteiger partial charge on any atom is 0.279 e. The fourth-order valence-corrected chi connectivity index (χ4v) is 1.44. The summed E-state index contributed by atoms with van der Waals surface area (Å²) in [4.78, 5) is 9.91. The number of rotatable bonds is 1. The van der Waals surface area contributed by atoms with E-state index in [4.69, 9.17) is 0 Å². The van der Waals surface area contributed by atoms with Crippen molar-refractivity contribution in [3.8, 4) is 0 Å². The minimum Gasteiger partial charge on any atom is -0.377 e. The van der Waals surface area contributed by atoms with Crippen LogP contribution in [0.25, 0.3) is 6.08 Å². The van der Waals surface area contributed by atoms with Crippen molar-refractivity contribution in [2.75, 3.05) is 0 Å². The second-order valence-electron chi connectivity index (χ2n) is 2.86. The molecule has 0 fully saturated rings. The van der Waals surface area contributed by atoms with Crippen LogP contribution in [0.4, 0.5) is 0 Å². The Morgan fingerprint density at radius 1 is 1.38 bits per heavy atom. The van der Waals surface area contributed by atoms with Crippen LogP contribution >= 0.6 is 0 Å². The van der Waals surface area contributed by atoms with Crippen LogP contribution in [0.15, 0.2) is 30.0 Å². The maximum absolute atomic E-state index is 10.5. The molecule has 1 unspecified atom stereocenters. The Labute approximate surface area is 74.3 Å². The zero-order valence-corrected chi connectivity index (χ0v) is 6.68. The first-order valence-electron chi connectivity index (χ1n) is 3.83. The lowest BCUT2D eigenvalue weighted by atomic mass is 10.1. The first-order chi connectivity index (χ1) is 6.20. The van der Waals surface area contributed by atoms with Crippen molar-refractivity contribution in [2.24, 2.45) is 0 Å². The van der Waals surface area contributed by atoms with E-state index in [-0.39, 0.29) is 5.70 Å². The van der Waals surface area contributed by atoms with Gasteiger partial charge in [0.15, 0.2) is 6.10 Å². The van der Waals surface area contributed by atoms with E-state index < -0.39 is 11.0 Å². The maximum atomic E-state index is 10.5. The molecule has 4 heteroatoms. The molecular formula is C9H7NO3. The molecule has 2 rings (SSSR count). The Hall–Kier alpha value is -1.68. The van der Waals surface area contributed by atoms with Gasteiger partial charge in [0.05, 0.1) is 4.92 Å². The number of aliphatic hydroxyl groups excluding tert-OH is 1. The van der Waals surface area contributed by atoms with E-state index in [0.717, 1.165) is 5.56 Å². The number of benzene rings is 1. The molecule has 1 aromatic rings. The number of fused-ring (bicyclic) bond motifs is 1. The van der Waals surface area contributed by atoms with Gasteiger partial charge >= 0.3 is 0 Å². The quantitative estimate of drug-likeness (QED) is 0.520. The molecule has 0 aliphatic heterocycles. The Kier molecular flexibility index (Phi) is 1.63. The molecule has 66 valence electrons. The van der Waals surface area contributed by atoms with Gasteiger partial charge in [0.2, 0.25) is 0 Å². The predicted molar refractivity (Wildman–Crippen MR) is 46.4 cm³/mol. The number of nitrogens with zero attached hydrogens (tertiary/aromatic N) is 1. The summed E-state index contributed by atoms with van der Waals surface area (Å²) in [6, 6.07) is 6.96. The second-order valence-corrected chi connectivity index (χ2v) is 2.86. The van der Waals surface area contributed by atoms with E-state index in [0.29, 0.717) is 5.56 Å². The standard InChI is InChI=1S/C9H7NO3/c11-9-7-4-2-1-3-6(7)5-8(9)10(12)13/h1-5,9,11H. The van der Waals surface area contributed by atoms with Crippen molar-refractivity contribution in [1.29, 1.82) is 0 Å². The second kappa shape index (κ2) is 2.67. The minimum absolute atomic E-state index is 0.152. The Bertz CT molecular complexity index is 398. The highest BCUT2D eigenvalue weighted by Crippen LogP contribution is 2.33. The third kappa shape index (κ3) is 1.11. The van der Waals surface area contributed by atoms with Crippen LogP contribution in [0.5, 0.6) is 0 Å². The zero-order chi connectivity index (χ0) is 9.42. The Morgan fingerprint density at radius 2 is 2.08 bits per heavy atom. The van der Waals surface area contributed by atoms with Crippen LogP contribution in [0.1, 0.15) is 17.2 Å². The molecule has 0 saturated heterocycles. The topological polar surface area (TPSA) is 63.4 Å². The lowest BCUT2D eigenvalue weighted by Crippen LogP contribution is -2.05. The molecule has 1 aromatic carbocycles. The molecule has 0 saturated carbocycles. The summed E-state index contributed by atoms with van der Waals surface area (Å²) in [5.74, 6) is 0. The first-order valence-corrected chi connectivity index (χ1v) is 3.83. The molecule has 1 aliphatic carbocycles. The lowest BCUT2D eigenvalue weighted by Gasteiger charge is -2.02. The molecule has 0 radical (unpaired) electrons. The van der Waals surface area contributed by atoms with Crippen LogP contribution in [0.3, 0.4) is 0 Å². The van der Waals surface area contributed by atoms with Gasteiger partial charge in [-0.25, -0.2) is 0 Å². The zero-order valence-electron chi connectivity index (χ0n) is 6.68. The molecule has 1 atom stereocenters. The van der Waals surface area contributed by atoms with Crippen molar-refractivity contribution in [3.63, 3.8) is 0 Å². The predicted octanol–water partition coefficient (Wildman–Crippen LogP) is 1.35. The van der Waals surface area contributed by atoms with Gasteiger partial charge in [0, 0.05) is 6.08 Å². The summed E-state index contributed by atoms with van der Waals surface area (Å²) in [6.07, 6.45) is 0.325. The van der Waals surface area contributed by atoms with Crippen molar-refractivity contribution in [2.45, 2.75) is 6.10 Å². The van der Waals surface area contributed by atoms with Crippen LogP contribution < -0.4 is 0 Å². The van der Waals surface area contributed by atoms with E-state index in [1.165, 1.54) is 6.08 Å². The van der Waals surface area contributed by atoms with Crippen molar-refractivity contribution in [3.05, 3.63) is 51.2 Å². The van der Waals surface area contributed by atoms with E-state index in [2.05, 4.69) is 0 Å². The molecule has 1 N–H and O–H groups in total.